The van der Waals surface area contributed by atoms with Crippen LogP contribution in [0.15, 0.2) is 28.8 Å². The van der Waals surface area contributed by atoms with E-state index in [1.807, 2.05) is 6.07 Å². The Kier molecular flexibility index (Phi) is 2.80. The molecule has 4 aromatic rings. The molecule has 3 aromatic heterocycles. The van der Waals surface area contributed by atoms with Crippen molar-refractivity contribution in [3.8, 4) is 11.5 Å². The van der Waals surface area contributed by atoms with Crippen LogP contribution in [-0.4, -0.2) is 14.6 Å². The molecule has 3 heterocycles. The van der Waals surface area contributed by atoms with Gasteiger partial charge in [-0.25, -0.2) is 18.3 Å². The largest absolute Gasteiger partial charge is 0.454 e. The van der Waals surface area contributed by atoms with Gasteiger partial charge in [0.05, 0.1) is 6.20 Å². The van der Waals surface area contributed by atoms with Crippen molar-refractivity contribution < 1.29 is 13.2 Å². The van der Waals surface area contributed by atoms with E-state index in [9.17, 15) is 8.78 Å². The highest BCUT2D eigenvalue weighted by atomic mass is 32.1. The summed E-state index contributed by atoms with van der Waals surface area (Å²) in [5.74, 6) is 0.231. The van der Waals surface area contributed by atoms with Crippen LogP contribution in [0.3, 0.4) is 0 Å². The zero-order valence-electron chi connectivity index (χ0n) is 11.8. The Morgan fingerprint density at radius 3 is 2.86 bits per heavy atom. The summed E-state index contributed by atoms with van der Waals surface area (Å²) in [6.45, 7) is 3.15. The van der Waals surface area contributed by atoms with Crippen molar-refractivity contribution >= 4 is 27.3 Å². The van der Waals surface area contributed by atoms with E-state index >= 15 is 0 Å². The summed E-state index contributed by atoms with van der Waals surface area (Å²) in [7, 11) is 0. The van der Waals surface area contributed by atoms with Crippen LogP contribution in [0.5, 0.6) is 0 Å². The second kappa shape index (κ2) is 4.61. The van der Waals surface area contributed by atoms with Crippen LogP contribution in [-0.2, 0) is 0 Å². The molecule has 0 radical (unpaired) electrons. The molecule has 0 unspecified atom stereocenters. The minimum Gasteiger partial charge on any atom is -0.454 e. The van der Waals surface area contributed by atoms with Gasteiger partial charge in [0.1, 0.15) is 17.1 Å². The molecule has 4 nitrogen and oxygen atoms in total. The van der Waals surface area contributed by atoms with Crippen LogP contribution in [0.2, 0.25) is 0 Å². The topological polar surface area (TPSA) is 43.3 Å². The first-order chi connectivity index (χ1) is 10.5. The maximum absolute atomic E-state index is 13.6. The second-order valence-corrected chi connectivity index (χ2v) is 6.15. The third kappa shape index (κ3) is 2.00. The number of benzene rings is 1. The molecule has 4 rings (SSSR count). The molecule has 1 atom stereocenters. The fourth-order valence-electron chi connectivity index (χ4n) is 2.30. The van der Waals surface area contributed by atoms with Gasteiger partial charge in [-0.2, -0.15) is 5.10 Å². The van der Waals surface area contributed by atoms with Crippen molar-refractivity contribution in [2.75, 3.05) is 0 Å². The molecule has 0 aliphatic heterocycles. The van der Waals surface area contributed by atoms with E-state index in [0.717, 1.165) is 5.39 Å². The van der Waals surface area contributed by atoms with Gasteiger partial charge in [0, 0.05) is 11.5 Å². The van der Waals surface area contributed by atoms with Crippen LogP contribution in [0.25, 0.3) is 27.4 Å². The van der Waals surface area contributed by atoms with E-state index in [4.69, 9.17) is 4.42 Å². The second-order valence-electron chi connectivity index (χ2n) is 5.16. The van der Waals surface area contributed by atoms with Crippen LogP contribution in [0, 0.1) is 12.7 Å². The van der Waals surface area contributed by atoms with Crippen LogP contribution in [0.1, 0.15) is 23.7 Å². The van der Waals surface area contributed by atoms with E-state index in [2.05, 4.69) is 10.1 Å². The molecular formula is C15H11F2N3OS. The highest BCUT2D eigenvalue weighted by Crippen LogP contribution is 2.31. The maximum Gasteiger partial charge on any atom is 0.212 e. The maximum atomic E-state index is 13.6. The van der Waals surface area contributed by atoms with Crippen molar-refractivity contribution in [1.29, 1.82) is 0 Å². The number of furan rings is 1. The predicted molar refractivity (Wildman–Crippen MR) is 80.3 cm³/mol. The Hall–Kier alpha value is -2.28. The molecule has 22 heavy (non-hydrogen) atoms. The number of nitrogens with zero attached hydrogens (tertiary/aromatic N) is 3. The zero-order chi connectivity index (χ0) is 15.4. The molecule has 0 aliphatic carbocycles. The summed E-state index contributed by atoms with van der Waals surface area (Å²) in [5.41, 5.74) is 1.63. The van der Waals surface area contributed by atoms with Crippen LogP contribution >= 0.6 is 11.3 Å². The number of halogens is 2. The Labute approximate surface area is 128 Å². The lowest BCUT2D eigenvalue weighted by Crippen LogP contribution is -1.86. The lowest BCUT2D eigenvalue weighted by Gasteiger charge is -1.93. The number of aromatic nitrogens is 3. The number of hydrogen-bond donors (Lipinski definition) is 0. The molecule has 0 saturated heterocycles. The fourth-order valence-corrected chi connectivity index (χ4v) is 3.11. The third-order valence-electron chi connectivity index (χ3n) is 3.45. The lowest BCUT2D eigenvalue weighted by molar-refractivity contribution is 0.370. The van der Waals surface area contributed by atoms with E-state index in [0.29, 0.717) is 32.6 Å². The van der Waals surface area contributed by atoms with Crippen LogP contribution < -0.4 is 0 Å². The molecule has 0 aliphatic rings. The smallest absolute Gasteiger partial charge is 0.212 e. The number of alkyl halides is 1. The quantitative estimate of drug-likeness (QED) is 0.539. The first-order valence-electron chi connectivity index (χ1n) is 6.71. The number of hydrogen-bond acceptors (Lipinski definition) is 4. The summed E-state index contributed by atoms with van der Waals surface area (Å²) < 4.78 is 34.0. The van der Waals surface area contributed by atoms with E-state index in [1.165, 1.54) is 28.8 Å². The standard InChI is InChI=1S/C15H11F2N3OS/c1-7-3-9-4-13(21-12(9)5-10(7)17)11-6-20-15(18-11)22-14(19-20)8(2)16/h3-6,8H,1-2H3/t8-/m0/s1. The summed E-state index contributed by atoms with van der Waals surface area (Å²) in [6, 6.07) is 4.91. The van der Waals surface area contributed by atoms with Crippen molar-refractivity contribution in [1.82, 2.24) is 14.6 Å². The average Bonchev–Trinajstić information content (AvgIpc) is 3.10. The molecule has 112 valence electrons. The summed E-state index contributed by atoms with van der Waals surface area (Å²) >= 11 is 1.20. The number of aryl methyl sites for hydroxylation is 1. The van der Waals surface area contributed by atoms with Gasteiger partial charge < -0.3 is 4.42 Å². The first kappa shape index (κ1) is 13.4. The highest BCUT2D eigenvalue weighted by Gasteiger charge is 2.16. The number of imidazole rings is 1. The predicted octanol–water partition coefficient (Wildman–Crippen LogP) is 4.68. The fraction of sp³-hybridized carbons (Fsp3) is 0.200. The van der Waals surface area contributed by atoms with E-state index in [-0.39, 0.29) is 5.82 Å². The van der Waals surface area contributed by atoms with E-state index < -0.39 is 6.17 Å². The molecule has 0 saturated carbocycles. The molecular weight excluding hydrogens is 308 g/mol. The minimum absolute atomic E-state index is 0.303. The summed E-state index contributed by atoms with van der Waals surface area (Å²) in [4.78, 5) is 4.99. The Bertz CT molecular complexity index is 929. The molecule has 0 spiro atoms. The van der Waals surface area contributed by atoms with Crippen molar-refractivity contribution in [2.24, 2.45) is 0 Å². The first-order valence-corrected chi connectivity index (χ1v) is 7.53. The monoisotopic (exact) mass is 319 g/mol. The Morgan fingerprint density at radius 1 is 1.32 bits per heavy atom. The van der Waals surface area contributed by atoms with Crippen LogP contribution in [0.4, 0.5) is 8.78 Å². The number of fused-ring (bicyclic) bond motifs is 2. The molecule has 0 N–H and O–H groups in total. The van der Waals surface area contributed by atoms with Gasteiger partial charge in [-0.3, -0.25) is 0 Å². The highest BCUT2D eigenvalue weighted by molar-refractivity contribution is 7.16. The van der Waals surface area contributed by atoms with Crippen molar-refractivity contribution in [2.45, 2.75) is 20.0 Å². The van der Waals surface area contributed by atoms with Gasteiger partial charge in [0.15, 0.2) is 16.9 Å². The Balaban J connectivity index is 1.82. The molecule has 0 bridgehead atoms. The molecule has 0 amide bonds. The minimum atomic E-state index is -1.12. The van der Waals surface area contributed by atoms with Gasteiger partial charge in [-0.15, -0.1) is 0 Å². The van der Waals surface area contributed by atoms with Crippen molar-refractivity contribution in [3.05, 3.63) is 40.8 Å². The van der Waals surface area contributed by atoms with Crippen molar-refractivity contribution in [3.63, 3.8) is 0 Å². The summed E-state index contributed by atoms with van der Waals surface area (Å²) in [6.07, 6.45) is 0.561. The molecule has 0 fully saturated rings. The molecule has 1 aromatic carbocycles. The van der Waals surface area contributed by atoms with E-state index in [1.54, 1.807) is 19.2 Å². The Morgan fingerprint density at radius 2 is 2.14 bits per heavy atom. The van der Waals surface area contributed by atoms with Gasteiger partial charge in [-0.05, 0) is 31.5 Å². The zero-order valence-corrected chi connectivity index (χ0v) is 12.6. The summed E-state index contributed by atoms with van der Waals surface area (Å²) in [5, 5.41) is 5.34. The number of rotatable bonds is 2. The average molecular weight is 319 g/mol. The molecule has 7 heteroatoms. The normalized spacial score (nSPS) is 13.3. The SMILES string of the molecule is Cc1cc2cc(-c3cn4nc([C@H](C)F)sc4n3)oc2cc1F. The van der Waals surface area contributed by atoms with Gasteiger partial charge in [0.2, 0.25) is 4.96 Å². The van der Waals surface area contributed by atoms with Gasteiger partial charge >= 0.3 is 0 Å². The van der Waals surface area contributed by atoms with Gasteiger partial charge in [-0.1, -0.05) is 11.3 Å². The third-order valence-corrected chi connectivity index (χ3v) is 4.53. The lowest BCUT2D eigenvalue weighted by atomic mass is 10.1. The van der Waals surface area contributed by atoms with Gasteiger partial charge in [0.25, 0.3) is 0 Å².